The highest BCUT2D eigenvalue weighted by Gasteiger charge is 2.27. The van der Waals surface area contributed by atoms with Crippen molar-refractivity contribution in [2.24, 2.45) is 0 Å². The zero-order chi connectivity index (χ0) is 18.1. The molecule has 26 heavy (non-hydrogen) atoms. The van der Waals surface area contributed by atoms with E-state index in [0.29, 0.717) is 42.8 Å². The van der Waals surface area contributed by atoms with Crippen LogP contribution in [0.2, 0.25) is 0 Å². The van der Waals surface area contributed by atoms with E-state index in [1.54, 1.807) is 52.4 Å². The molecule has 0 radical (unpaired) electrons. The van der Waals surface area contributed by atoms with Crippen molar-refractivity contribution >= 4 is 22.8 Å². The van der Waals surface area contributed by atoms with Crippen molar-refractivity contribution in [2.75, 3.05) is 26.2 Å². The van der Waals surface area contributed by atoms with Gasteiger partial charge in [-0.2, -0.15) is 0 Å². The first-order valence-corrected chi connectivity index (χ1v) is 8.38. The molecule has 0 bridgehead atoms. The third-order valence-corrected chi connectivity index (χ3v) is 4.55. The van der Waals surface area contributed by atoms with Crippen LogP contribution in [0.5, 0.6) is 0 Å². The van der Waals surface area contributed by atoms with Gasteiger partial charge in [-0.25, -0.2) is 4.79 Å². The van der Waals surface area contributed by atoms with E-state index < -0.39 is 5.63 Å². The summed E-state index contributed by atoms with van der Waals surface area (Å²) < 4.78 is 5.24. The Labute approximate surface area is 148 Å². The van der Waals surface area contributed by atoms with Gasteiger partial charge in [-0.15, -0.1) is 0 Å². The van der Waals surface area contributed by atoms with Gasteiger partial charge in [0.05, 0.1) is 0 Å². The van der Waals surface area contributed by atoms with Crippen molar-refractivity contribution < 1.29 is 14.0 Å². The second kappa shape index (κ2) is 6.51. The molecule has 2 aromatic heterocycles. The standard InChI is InChI=1S/C19H17N3O4/c23-17(14-12-13-4-1-2-6-16(13)26-19(14)25)21-8-10-22(11-9-21)18(24)15-5-3-7-20-15/h1-7,12,20H,8-11H2. The number of para-hydroxylation sites is 1. The van der Waals surface area contributed by atoms with Crippen LogP contribution >= 0.6 is 0 Å². The maximum atomic E-state index is 12.7. The van der Waals surface area contributed by atoms with E-state index in [4.69, 9.17) is 4.42 Å². The molecule has 1 aliphatic rings. The molecule has 3 aromatic rings. The Morgan fingerprint density at radius 2 is 1.62 bits per heavy atom. The quantitative estimate of drug-likeness (QED) is 0.712. The van der Waals surface area contributed by atoms with E-state index in [2.05, 4.69) is 4.98 Å². The maximum Gasteiger partial charge on any atom is 0.349 e. The van der Waals surface area contributed by atoms with E-state index in [9.17, 15) is 14.4 Å². The van der Waals surface area contributed by atoms with E-state index in [1.165, 1.54) is 0 Å². The second-order valence-electron chi connectivity index (χ2n) is 6.15. The summed E-state index contributed by atoms with van der Waals surface area (Å²) in [5.74, 6) is -0.455. The highest BCUT2D eigenvalue weighted by atomic mass is 16.4. The number of hydrogen-bond donors (Lipinski definition) is 1. The fourth-order valence-corrected chi connectivity index (χ4v) is 3.13. The molecule has 1 saturated heterocycles. The number of aromatic nitrogens is 1. The number of nitrogens with one attached hydrogen (secondary N) is 1. The Morgan fingerprint density at radius 1 is 0.923 bits per heavy atom. The van der Waals surface area contributed by atoms with E-state index in [-0.39, 0.29) is 17.4 Å². The average molecular weight is 351 g/mol. The first-order valence-electron chi connectivity index (χ1n) is 8.38. The lowest BCUT2D eigenvalue weighted by molar-refractivity contribution is 0.0530. The molecule has 132 valence electrons. The minimum atomic E-state index is -0.640. The molecule has 3 heterocycles. The zero-order valence-electron chi connectivity index (χ0n) is 14.0. The Kier molecular flexibility index (Phi) is 4.04. The Balaban J connectivity index is 1.49. The highest BCUT2D eigenvalue weighted by molar-refractivity contribution is 5.97. The number of rotatable bonds is 2. The lowest BCUT2D eigenvalue weighted by Crippen LogP contribution is -2.51. The van der Waals surface area contributed by atoms with Gasteiger partial charge in [0.15, 0.2) is 0 Å². The first-order chi connectivity index (χ1) is 12.6. The average Bonchev–Trinajstić information content (AvgIpc) is 3.21. The lowest BCUT2D eigenvalue weighted by Gasteiger charge is -2.34. The van der Waals surface area contributed by atoms with Crippen LogP contribution < -0.4 is 5.63 Å². The third kappa shape index (κ3) is 2.88. The van der Waals surface area contributed by atoms with Gasteiger partial charge in [-0.1, -0.05) is 18.2 Å². The fraction of sp³-hybridized carbons (Fsp3) is 0.211. The number of fused-ring (bicyclic) bond motifs is 1. The van der Waals surface area contributed by atoms with Crippen LogP contribution in [0.25, 0.3) is 11.0 Å². The highest BCUT2D eigenvalue weighted by Crippen LogP contribution is 2.15. The van der Waals surface area contributed by atoms with Crippen LogP contribution in [-0.2, 0) is 0 Å². The Morgan fingerprint density at radius 3 is 2.31 bits per heavy atom. The van der Waals surface area contributed by atoms with Crippen LogP contribution in [0.15, 0.2) is 57.9 Å². The van der Waals surface area contributed by atoms with Gasteiger partial charge in [0, 0.05) is 37.8 Å². The molecule has 1 fully saturated rings. The monoisotopic (exact) mass is 351 g/mol. The molecule has 2 amide bonds. The smallest absolute Gasteiger partial charge is 0.349 e. The van der Waals surface area contributed by atoms with Crippen molar-refractivity contribution in [2.45, 2.75) is 0 Å². The summed E-state index contributed by atoms with van der Waals surface area (Å²) in [4.78, 5) is 43.4. The van der Waals surface area contributed by atoms with E-state index >= 15 is 0 Å². The molecule has 0 aliphatic carbocycles. The summed E-state index contributed by atoms with van der Waals surface area (Å²) in [5.41, 5.74) is 0.363. The molecule has 1 aromatic carbocycles. The van der Waals surface area contributed by atoms with E-state index in [0.717, 1.165) is 0 Å². The molecule has 1 aliphatic heterocycles. The molecule has 0 unspecified atom stereocenters. The zero-order valence-corrected chi connectivity index (χ0v) is 14.0. The van der Waals surface area contributed by atoms with Crippen LogP contribution in [0.3, 0.4) is 0 Å². The number of piperazine rings is 1. The minimum Gasteiger partial charge on any atom is -0.422 e. The van der Waals surface area contributed by atoms with E-state index in [1.807, 2.05) is 6.07 Å². The summed E-state index contributed by atoms with van der Waals surface area (Å²) in [5, 5.41) is 0.705. The van der Waals surface area contributed by atoms with Gasteiger partial charge in [-0.05, 0) is 24.3 Å². The van der Waals surface area contributed by atoms with Gasteiger partial charge >= 0.3 is 5.63 Å². The summed E-state index contributed by atoms with van der Waals surface area (Å²) >= 11 is 0. The second-order valence-corrected chi connectivity index (χ2v) is 6.15. The number of carbonyl (C=O) groups is 2. The van der Waals surface area contributed by atoms with Crippen molar-refractivity contribution in [1.29, 1.82) is 0 Å². The molecular weight excluding hydrogens is 334 g/mol. The number of aromatic amines is 1. The molecule has 0 spiro atoms. The normalized spacial score (nSPS) is 14.6. The molecule has 1 N–H and O–H groups in total. The summed E-state index contributed by atoms with van der Waals surface area (Å²) in [7, 11) is 0. The van der Waals surface area contributed by atoms with Crippen molar-refractivity contribution in [1.82, 2.24) is 14.8 Å². The molecule has 0 saturated carbocycles. The molecule has 4 rings (SSSR count). The van der Waals surface area contributed by atoms with Gasteiger partial charge in [-0.3, -0.25) is 9.59 Å². The minimum absolute atomic E-state index is 0.0212. The summed E-state index contributed by atoms with van der Waals surface area (Å²) in [6, 6.07) is 12.1. The number of H-pyrrole nitrogens is 1. The summed E-state index contributed by atoms with van der Waals surface area (Å²) in [6.45, 7) is 1.58. The fourth-order valence-electron chi connectivity index (χ4n) is 3.13. The molecule has 0 atom stereocenters. The van der Waals surface area contributed by atoms with Gasteiger partial charge in [0.25, 0.3) is 11.8 Å². The van der Waals surface area contributed by atoms with Crippen LogP contribution in [0, 0.1) is 0 Å². The van der Waals surface area contributed by atoms with Crippen molar-refractivity contribution in [3.63, 3.8) is 0 Å². The number of carbonyl (C=O) groups excluding carboxylic acids is 2. The van der Waals surface area contributed by atoms with Crippen molar-refractivity contribution in [3.8, 4) is 0 Å². The summed E-state index contributed by atoms with van der Waals surface area (Å²) in [6.07, 6.45) is 1.70. The lowest BCUT2D eigenvalue weighted by atomic mass is 10.1. The third-order valence-electron chi connectivity index (χ3n) is 4.55. The van der Waals surface area contributed by atoms with Gasteiger partial charge in [0.2, 0.25) is 0 Å². The number of benzene rings is 1. The molecular formula is C19H17N3O4. The largest absolute Gasteiger partial charge is 0.422 e. The van der Waals surface area contributed by atoms with Gasteiger partial charge in [0.1, 0.15) is 16.8 Å². The van der Waals surface area contributed by atoms with Crippen LogP contribution in [0.1, 0.15) is 20.8 Å². The number of amides is 2. The Bertz CT molecular complexity index is 1010. The topological polar surface area (TPSA) is 86.6 Å². The van der Waals surface area contributed by atoms with Crippen molar-refractivity contribution in [3.05, 3.63) is 70.3 Å². The Hall–Kier alpha value is -3.35. The number of nitrogens with zero attached hydrogens (tertiary/aromatic N) is 2. The molecule has 7 heteroatoms. The maximum absolute atomic E-state index is 12.7. The number of hydrogen-bond acceptors (Lipinski definition) is 4. The van der Waals surface area contributed by atoms with Gasteiger partial charge < -0.3 is 19.2 Å². The SMILES string of the molecule is O=C(c1ccc[nH]1)N1CCN(C(=O)c2cc3ccccc3oc2=O)CC1. The van der Waals surface area contributed by atoms with Crippen LogP contribution in [-0.4, -0.2) is 52.8 Å². The predicted molar refractivity (Wildman–Crippen MR) is 95.1 cm³/mol. The predicted octanol–water partition coefficient (Wildman–Crippen LogP) is 1.72. The van der Waals surface area contributed by atoms with Crippen LogP contribution in [0.4, 0.5) is 0 Å². The molecule has 7 nitrogen and oxygen atoms in total. The first kappa shape index (κ1) is 16.1.